The van der Waals surface area contributed by atoms with Gasteiger partial charge in [-0.1, -0.05) is 30.9 Å². The fourth-order valence-electron chi connectivity index (χ4n) is 1.72. The minimum Gasteiger partial charge on any atom is -0.356 e. The van der Waals surface area contributed by atoms with Crippen LogP contribution in [0.4, 0.5) is 5.82 Å². The zero-order valence-corrected chi connectivity index (χ0v) is 11.1. The number of anilines is 1. The molecule has 1 atom stereocenters. The molecule has 1 unspecified atom stereocenters. The summed E-state index contributed by atoms with van der Waals surface area (Å²) in [5.41, 5.74) is 0.811. The first-order chi connectivity index (χ1) is 8.67. The van der Waals surface area contributed by atoms with Crippen LogP contribution in [-0.2, 0) is 0 Å². The molecule has 0 aliphatic rings. The Morgan fingerprint density at radius 2 is 2.39 bits per heavy atom. The van der Waals surface area contributed by atoms with Gasteiger partial charge >= 0.3 is 0 Å². The van der Waals surface area contributed by atoms with E-state index in [1.54, 1.807) is 4.52 Å². The van der Waals surface area contributed by atoms with Crippen molar-refractivity contribution in [3.8, 4) is 12.3 Å². The van der Waals surface area contributed by atoms with E-state index in [4.69, 9.17) is 18.0 Å². The molecule has 0 saturated carbocycles. The lowest BCUT2D eigenvalue weighted by molar-refractivity contribution is 0.744. The Bertz CT molecular complexity index is 598. The van der Waals surface area contributed by atoms with Crippen LogP contribution < -0.4 is 5.32 Å². The van der Waals surface area contributed by atoms with Gasteiger partial charge in [0.05, 0.1) is 6.04 Å². The number of hydrogen-bond acceptors (Lipinski definition) is 4. The maximum Gasteiger partial charge on any atom is 0.255 e. The maximum atomic E-state index is 6.07. The van der Waals surface area contributed by atoms with E-state index in [-0.39, 0.29) is 6.04 Å². The molecule has 2 aromatic heterocycles. The van der Waals surface area contributed by atoms with Crippen LogP contribution in [0.1, 0.15) is 25.3 Å². The minimum absolute atomic E-state index is 0.0560. The Balaban J connectivity index is 2.45. The summed E-state index contributed by atoms with van der Waals surface area (Å²) < 4.78 is 1.61. The van der Waals surface area contributed by atoms with Crippen LogP contribution >= 0.6 is 11.6 Å². The SMILES string of the molecule is C#CC(CCC)Nc1c(C)c(Cl)nc2ncnn12. The summed E-state index contributed by atoms with van der Waals surface area (Å²) in [5.74, 6) is 3.93. The summed E-state index contributed by atoms with van der Waals surface area (Å²) in [5, 5.41) is 7.80. The molecule has 0 radical (unpaired) electrons. The highest BCUT2D eigenvalue weighted by Crippen LogP contribution is 2.23. The maximum absolute atomic E-state index is 6.07. The first kappa shape index (κ1) is 12.7. The van der Waals surface area contributed by atoms with Crippen molar-refractivity contribution in [2.45, 2.75) is 32.7 Å². The topological polar surface area (TPSA) is 55.1 Å². The molecule has 2 aromatic rings. The van der Waals surface area contributed by atoms with Crippen LogP contribution in [0, 0.1) is 19.3 Å². The monoisotopic (exact) mass is 263 g/mol. The second-order valence-electron chi connectivity index (χ2n) is 4.00. The van der Waals surface area contributed by atoms with Gasteiger partial charge in [-0.3, -0.25) is 0 Å². The van der Waals surface area contributed by atoms with Gasteiger partial charge in [0.1, 0.15) is 17.3 Å². The van der Waals surface area contributed by atoms with Crippen molar-refractivity contribution in [1.82, 2.24) is 19.6 Å². The molecule has 0 aliphatic heterocycles. The molecule has 6 heteroatoms. The highest BCUT2D eigenvalue weighted by molar-refractivity contribution is 6.30. The first-order valence-corrected chi connectivity index (χ1v) is 6.13. The Labute approximate surface area is 111 Å². The molecule has 94 valence electrons. The highest BCUT2D eigenvalue weighted by Gasteiger charge is 2.14. The number of nitrogens with zero attached hydrogens (tertiary/aromatic N) is 4. The molecule has 0 amide bonds. The number of aromatic nitrogens is 4. The molecule has 1 N–H and O–H groups in total. The van der Waals surface area contributed by atoms with Crippen molar-refractivity contribution in [2.24, 2.45) is 0 Å². The van der Waals surface area contributed by atoms with E-state index in [1.807, 2.05) is 6.92 Å². The van der Waals surface area contributed by atoms with Gasteiger partial charge in [0, 0.05) is 5.56 Å². The Kier molecular flexibility index (Phi) is 3.68. The van der Waals surface area contributed by atoms with Gasteiger partial charge < -0.3 is 5.32 Å². The summed E-state index contributed by atoms with van der Waals surface area (Å²) >= 11 is 6.07. The van der Waals surface area contributed by atoms with E-state index in [1.165, 1.54) is 6.33 Å². The molecule has 0 aromatic carbocycles. The van der Waals surface area contributed by atoms with Crippen LogP contribution in [0.5, 0.6) is 0 Å². The summed E-state index contributed by atoms with van der Waals surface area (Å²) in [7, 11) is 0. The van der Waals surface area contributed by atoms with Crippen LogP contribution in [0.2, 0.25) is 5.15 Å². The summed E-state index contributed by atoms with van der Waals surface area (Å²) in [6.45, 7) is 3.96. The van der Waals surface area contributed by atoms with Gasteiger partial charge in [-0.05, 0) is 13.3 Å². The lowest BCUT2D eigenvalue weighted by atomic mass is 10.2. The molecule has 18 heavy (non-hydrogen) atoms. The van der Waals surface area contributed by atoms with Crippen molar-refractivity contribution in [2.75, 3.05) is 5.32 Å². The van der Waals surface area contributed by atoms with Gasteiger partial charge in [0.15, 0.2) is 0 Å². The number of nitrogens with one attached hydrogen (secondary N) is 1. The smallest absolute Gasteiger partial charge is 0.255 e. The zero-order valence-electron chi connectivity index (χ0n) is 10.3. The van der Waals surface area contributed by atoms with Crippen molar-refractivity contribution >= 4 is 23.2 Å². The Morgan fingerprint density at radius 3 is 3.06 bits per heavy atom. The standard InChI is InChI=1S/C12H14ClN5/c1-4-6-9(5-2)16-11-8(3)10(13)17-12-14-7-15-18(11)12/h2,7,9,16H,4,6H2,1,3H3. The predicted molar refractivity (Wildman–Crippen MR) is 71.7 cm³/mol. The second kappa shape index (κ2) is 5.23. The van der Waals surface area contributed by atoms with Gasteiger partial charge in [-0.2, -0.15) is 19.6 Å². The van der Waals surface area contributed by atoms with Crippen molar-refractivity contribution in [3.05, 3.63) is 17.0 Å². The van der Waals surface area contributed by atoms with Crippen molar-refractivity contribution < 1.29 is 0 Å². The lowest BCUT2D eigenvalue weighted by Crippen LogP contribution is -2.20. The minimum atomic E-state index is -0.0560. The number of terminal acetylenes is 1. The molecule has 0 saturated heterocycles. The lowest BCUT2D eigenvalue weighted by Gasteiger charge is -2.16. The molecule has 5 nitrogen and oxygen atoms in total. The number of rotatable bonds is 4. The van der Waals surface area contributed by atoms with Gasteiger partial charge in [0.25, 0.3) is 5.78 Å². The van der Waals surface area contributed by atoms with E-state index in [0.29, 0.717) is 10.9 Å². The molecule has 0 spiro atoms. The fraction of sp³-hybridized carbons (Fsp3) is 0.417. The van der Waals surface area contributed by atoms with Gasteiger partial charge in [-0.15, -0.1) is 6.42 Å². The average molecular weight is 264 g/mol. The van der Waals surface area contributed by atoms with E-state index in [2.05, 4.69) is 33.2 Å². The highest BCUT2D eigenvalue weighted by atomic mass is 35.5. The average Bonchev–Trinajstić information content (AvgIpc) is 2.81. The van der Waals surface area contributed by atoms with Crippen LogP contribution in [0.25, 0.3) is 5.78 Å². The molecule has 2 rings (SSSR count). The van der Waals surface area contributed by atoms with Crippen molar-refractivity contribution in [3.63, 3.8) is 0 Å². The van der Waals surface area contributed by atoms with E-state index in [0.717, 1.165) is 24.2 Å². The van der Waals surface area contributed by atoms with Crippen molar-refractivity contribution in [1.29, 1.82) is 0 Å². The van der Waals surface area contributed by atoms with E-state index < -0.39 is 0 Å². The molecule has 0 bridgehead atoms. The summed E-state index contributed by atoms with van der Waals surface area (Å²) in [4.78, 5) is 8.16. The van der Waals surface area contributed by atoms with Crippen LogP contribution in [-0.4, -0.2) is 25.6 Å². The third-order valence-electron chi connectivity index (χ3n) is 2.69. The second-order valence-corrected chi connectivity index (χ2v) is 4.36. The van der Waals surface area contributed by atoms with Gasteiger partial charge in [-0.25, -0.2) is 0 Å². The normalized spacial score (nSPS) is 12.3. The fourth-order valence-corrected chi connectivity index (χ4v) is 1.88. The molecular weight excluding hydrogens is 250 g/mol. The number of halogens is 1. The Hall–Kier alpha value is -1.80. The third kappa shape index (κ3) is 2.24. The quantitative estimate of drug-likeness (QED) is 0.679. The van der Waals surface area contributed by atoms with E-state index >= 15 is 0 Å². The van der Waals surface area contributed by atoms with Crippen LogP contribution in [0.3, 0.4) is 0 Å². The number of hydrogen-bond donors (Lipinski definition) is 1. The Morgan fingerprint density at radius 1 is 1.61 bits per heavy atom. The molecule has 0 fully saturated rings. The summed E-state index contributed by atoms with van der Waals surface area (Å²) in [6.07, 6.45) is 8.83. The van der Waals surface area contributed by atoms with Gasteiger partial charge in [0.2, 0.25) is 0 Å². The molecule has 0 aliphatic carbocycles. The largest absolute Gasteiger partial charge is 0.356 e. The zero-order chi connectivity index (χ0) is 13.1. The number of fused-ring (bicyclic) bond motifs is 1. The summed E-state index contributed by atoms with van der Waals surface area (Å²) in [6, 6.07) is -0.0560. The third-order valence-corrected chi connectivity index (χ3v) is 3.06. The molecule has 2 heterocycles. The van der Waals surface area contributed by atoms with Crippen LogP contribution in [0.15, 0.2) is 6.33 Å². The first-order valence-electron chi connectivity index (χ1n) is 5.75. The predicted octanol–water partition coefficient (Wildman–Crippen LogP) is 2.30. The van der Waals surface area contributed by atoms with E-state index in [9.17, 15) is 0 Å². The molecular formula is C12H14ClN5.